The Labute approximate surface area is 273 Å². The monoisotopic (exact) mass is 603 g/mol. The lowest BCUT2D eigenvalue weighted by Crippen LogP contribution is -1.99. The lowest BCUT2D eigenvalue weighted by Gasteiger charge is -2.18. The van der Waals surface area contributed by atoms with Crippen LogP contribution in [0.1, 0.15) is 50.1 Å². The summed E-state index contributed by atoms with van der Waals surface area (Å²) in [5.74, 6) is 0. The van der Waals surface area contributed by atoms with Gasteiger partial charge in [0, 0.05) is 33.4 Å². The summed E-state index contributed by atoms with van der Waals surface area (Å²) in [5, 5.41) is 90.9. The molecule has 0 spiro atoms. The van der Waals surface area contributed by atoms with Crippen molar-refractivity contribution in [3.63, 3.8) is 0 Å². The maximum atomic E-state index is 10.2. The summed E-state index contributed by atoms with van der Waals surface area (Å²) >= 11 is 0. The zero-order valence-corrected chi connectivity index (χ0v) is 24.2. The van der Waals surface area contributed by atoms with Gasteiger partial charge in [-0.2, -0.15) is 47.4 Å². The fourth-order valence-electron chi connectivity index (χ4n) is 7.02. The lowest BCUT2D eigenvalue weighted by atomic mass is 9.82. The van der Waals surface area contributed by atoms with Crippen molar-refractivity contribution in [2.45, 2.75) is 0 Å². The molecule has 9 nitrogen and oxygen atoms in total. The minimum atomic E-state index is -0.269. The molecule has 3 aliphatic rings. The fourth-order valence-corrected chi connectivity index (χ4v) is 7.02. The second-order valence-electron chi connectivity index (χ2n) is 10.8. The number of benzene rings is 4. The normalized spacial score (nSPS) is 11.4. The van der Waals surface area contributed by atoms with E-state index >= 15 is 0 Å². The summed E-state index contributed by atoms with van der Waals surface area (Å²) < 4.78 is 0. The molecule has 0 atom stereocenters. The van der Waals surface area contributed by atoms with E-state index < -0.39 is 0 Å². The summed E-state index contributed by atoms with van der Waals surface area (Å²) in [6, 6.07) is 32.7. The quantitative estimate of drug-likeness (QED) is 0.166. The molecule has 0 saturated heterocycles. The van der Waals surface area contributed by atoms with Crippen LogP contribution in [-0.2, 0) is 0 Å². The highest BCUT2D eigenvalue weighted by Crippen LogP contribution is 2.65. The Kier molecular flexibility index (Phi) is 6.07. The molecule has 48 heavy (non-hydrogen) atoms. The van der Waals surface area contributed by atoms with E-state index in [1.54, 1.807) is 54.6 Å². The summed E-state index contributed by atoms with van der Waals surface area (Å²) in [7, 11) is 0. The molecule has 0 saturated carbocycles. The van der Waals surface area contributed by atoms with Crippen LogP contribution in [0.4, 0.5) is 0 Å². The van der Waals surface area contributed by atoms with E-state index in [9.17, 15) is 47.4 Å². The van der Waals surface area contributed by atoms with Crippen molar-refractivity contribution in [1.82, 2.24) is 0 Å². The van der Waals surface area contributed by atoms with E-state index in [2.05, 4.69) is 18.2 Å². The van der Waals surface area contributed by atoms with Gasteiger partial charge in [0.1, 0.15) is 53.1 Å². The van der Waals surface area contributed by atoms with Crippen LogP contribution in [0, 0.1) is 102 Å². The Hall–Kier alpha value is -8.49. The predicted molar refractivity (Wildman–Crippen MR) is 169 cm³/mol. The Morgan fingerprint density at radius 1 is 0.312 bits per heavy atom. The van der Waals surface area contributed by atoms with E-state index in [4.69, 9.17) is 0 Å². The number of hydrogen-bond acceptors (Lipinski definition) is 9. The first-order chi connectivity index (χ1) is 23.4. The summed E-state index contributed by atoms with van der Waals surface area (Å²) in [6.07, 6.45) is 0. The minimum Gasteiger partial charge on any atom is -0.192 e. The molecular formula is C39H9N9. The number of allylic oxidation sites excluding steroid dienone is 3. The van der Waals surface area contributed by atoms with Crippen LogP contribution < -0.4 is 0 Å². The molecular weight excluding hydrogens is 594 g/mol. The van der Waals surface area contributed by atoms with Crippen molar-refractivity contribution in [3.8, 4) is 88.0 Å². The van der Waals surface area contributed by atoms with Crippen molar-refractivity contribution in [2.24, 2.45) is 0 Å². The standard InChI is InChI=1S/C39H9N9/c40-10-19-1-4-25-28(7-19)31(22(13-43)14-44)37-34(25)38-32(23(15-45)16-46)29-8-20(11-41)2-5-26(29)36(38)39-33(24(17-47)18-48)30-9-21(12-42)3-6-27(30)35(37)39/h1-9H. The van der Waals surface area contributed by atoms with Gasteiger partial charge in [-0.05, 0) is 86.5 Å². The van der Waals surface area contributed by atoms with Gasteiger partial charge in [0.25, 0.3) is 0 Å². The Bertz CT molecular complexity index is 2440. The first-order valence-electron chi connectivity index (χ1n) is 14.0. The Balaban J connectivity index is 1.88. The Morgan fingerprint density at radius 2 is 0.562 bits per heavy atom. The molecule has 210 valence electrons. The van der Waals surface area contributed by atoms with E-state index in [-0.39, 0.29) is 50.1 Å². The van der Waals surface area contributed by atoms with Gasteiger partial charge in [0.15, 0.2) is 0 Å². The summed E-state index contributed by atoms with van der Waals surface area (Å²) in [5.41, 5.74) is 5.89. The SMILES string of the molecule is N#CC(C#N)=C1c2cc(C#N)ccc2-c2c1c1c(c3c2C(=C(C#N)C#N)c2cc(C#N)ccc2-3)C(=C(C#N)C#N)c2cc(C#N)ccc2-1. The maximum absolute atomic E-state index is 10.2. The third-order valence-corrected chi connectivity index (χ3v) is 8.73. The van der Waals surface area contributed by atoms with E-state index in [1.807, 2.05) is 36.4 Å². The average molecular weight is 604 g/mol. The van der Waals surface area contributed by atoms with Gasteiger partial charge < -0.3 is 0 Å². The molecule has 0 amide bonds. The molecule has 0 heterocycles. The zero-order chi connectivity index (χ0) is 33.9. The molecule has 0 aromatic heterocycles. The van der Waals surface area contributed by atoms with Gasteiger partial charge in [0.2, 0.25) is 0 Å². The largest absolute Gasteiger partial charge is 0.192 e. The molecule has 4 aromatic rings. The van der Waals surface area contributed by atoms with Gasteiger partial charge in [-0.1, -0.05) is 18.2 Å². The maximum Gasteiger partial charge on any atom is 0.138 e. The molecule has 0 aliphatic heterocycles. The smallest absolute Gasteiger partial charge is 0.138 e. The number of nitrogens with zero attached hydrogens (tertiary/aromatic N) is 9. The van der Waals surface area contributed by atoms with Gasteiger partial charge in [-0.25, -0.2) is 0 Å². The third kappa shape index (κ3) is 3.44. The third-order valence-electron chi connectivity index (χ3n) is 8.73. The molecule has 4 aromatic carbocycles. The number of fused-ring (bicyclic) bond motifs is 12. The molecule has 0 N–H and O–H groups in total. The lowest BCUT2D eigenvalue weighted by molar-refractivity contribution is 1.45. The molecule has 0 fully saturated rings. The topological polar surface area (TPSA) is 214 Å². The number of hydrogen-bond donors (Lipinski definition) is 0. The van der Waals surface area contributed by atoms with Crippen molar-refractivity contribution >= 4 is 16.7 Å². The highest BCUT2D eigenvalue weighted by Gasteiger charge is 2.45. The van der Waals surface area contributed by atoms with Crippen LogP contribution in [0.15, 0.2) is 71.3 Å². The van der Waals surface area contributed by atoms with Crippen molar-refractivity contribution in [2.75, 3.05) is 0 Å². The van der Waals surface area contributed by atoms with Gasteiger partial charge in [0.05, 0.1) is 34.9 Å². The van der Waals surface area contributed by atoms with Crippen molar-refractivity contribution < 1.29 is 0 Å². The van der Waals surface area contributed by atoms with Crippen LogP contribution in [0.25, 0.3) is 50.1 Å². The first-order valence-corrected chi connectivity index (χ1v) is 14.0. The summed E-state index contributed by atoms with van der Waals surface area (Å²) in [4.78, 5) is 0. The van der Waals surface area contributed by atoms with Crippen LogP contribution in [0.3, 0.4) is 0 Å². The minimum absolute atomic E-state index is 0.205. The van der Waals surface area contributed by atoms with E-state index in [1.165, 1.54) is 0 Å². The van der Waals surface area contributed by atoms with Gasteiger partial charge in [-0.3, -0.25) is 0 Å². The highest BCUT2D eigenvalue weighted by molar-refractivity contribution is 6.24. The number of rotatable bonds is 0. The molecule has 3 aliphatic carbocycles. The molecule has 7 rings (SSSR count). The van der Waals surface area contributed by atoms with Crippen molar-refractivity contribution in [1.29, 1.82) is 47.4 Å². The molecule has 0 bridgehead atoms. The molecule has 9 heteroatoms. The highest BCUT2D eigenvalue weighted by atomic mass is 14.5. The van der Waals surface area contributed by atoms with E-state index in [0.717, 1.165) is 0 Å². The van der Waals surface area contributed by atoms with Crippen LogP contribution in [0.5, 0.6) is 0 Å². The number of nitriles is 9. The molecule has 0 unspecified atom stereocenters. The summed E-state index contributed by atoms with van der Waals surface area (Å²) in [6.45, 7) is 0. The fraction of sp³-hybridized carbons (Fsp3) is 0. The van der Waals surface area contributed by atoms with Crippen molar-refractivity contribution in [3.05, 3.63) is 121 Å². The van der Waals surface area contributed by atoms with E-state index in [0.29, 0.717) is 66.8 Å². The molecule has 0 radical (unpaired) electrons. The average Bonchev–Trinajstić information content (AvgIpc) is 3.75. The first kappa shape index (κ1) is 28.3. The van der Waals surface area contributed by atoms with Crippen LogP contribution in [0.2, 0.25) is 0 Å². The second kappa shape index (κ2) is 10.3. The predicted octanol–water partition coefficient (Wildman–Crippen LogP) is 6.79. The second-order valence-corrected chi connectivity index (χ2v) is 10.8. The van der Waals surface area contributed by atoms with Crippen LogP contribution >= 0.6 is 0 Å². The van der Waals surface area contributed by atoms with Gasteiger partial charge in [-0.15, -0.1) is 0 Å². The van der Waals surface area contributed by atoms with Gasteiger partial charge >= 0.3 is 0 Å². The van der Waals surface area contributed by atoms with Crippen LogP contribution in [-0.4, -0.2) is 0 Å². The zero-order valence-electron chi connectivity index (χ0n) is 24.2. The Morgan fingerprint density at radius 3 is 0.771 bits per heavy atom.